The highest BCUT2D eigenvalue weighted by Gasteiger charge is 2.31. The van der Waals surface area contributed by atoms with Gasteiger partial charge >= 0.3 is 6.36 Å². The number of halogens is 3. The van der Waals surface area contributed by atoms with E-state index in [1.807, 2.05) is 0 Å². The molecule has 2 nitrogen and oxygen atoms in total. The third-order valence-electron chi connectivity index (χ3n) is 1.82. The zero-order valence-electron chi connectivity index (χ0n) is 7.45. The first kappa shape index (κ1) is 9.76. The number of hydrogen-bond donors (Lipinski definition) is 0. The van der Waals surface area contributed by atoms with Crippen LogP contribution in [0.1, 0.15) is 0 Å². The summed E-state index contributed by atoms with van der Waals surface area (Å²) in [5.41, 5.74) is 0.206. The van der Waals surface area contributed by atoms with Crippen molar-refractivity contribution in [1.82, 2.24) is 4.98 Å². The van der Waals surface area contributed by atoms with Crippen LogP contribution in [0.15, 0.2) is 36.5 Å². The number of nitrogens with zero attached hydrogens (tertiary/aromatic N) is 1. The topological polar surface area (TPSA) is 22.1 Å². The van der Waals surface area contributed by atoms with Crippen LogP contribution in [0.2, 0.25) is 0 Å². The minimum atomic E-state index is -4.69. The Balaban J connectivity index is 2.52. The zero-order valence-corrected chi connectivity index (χ0v) is 7.45. The first-order valence-corrected chi connectivity index (χ1v) is 4.16. The largest absolute Gasteiger partial charge is 0.573 e. The third kappa shape index (κ3) is 2.18. The molecule has 5 heteroatoms. The molecule has 1 heterocycles. The Morgan fingerprint density at radius 2 is 1.80 bits per heavy atom. The van der Waals surface area contributed by atoms with Gasteiger partial charge in [-0.3, -0.25) is 4.98 Å². The van der Waals surface area contributed by atoms with E-state index >= 15 is 0 Å². The lowest BCUT2D eigenvalue weighted by Gasteiger charge is -2.10. The Bertz CT molecular complexity index is 476. The van der Waals surface area contributed by atoms with E-state index in [1.54, 1.807) is 18.2 Å². The fourth-order valence-corrected chi connectivity index (χ4v) is 1.28. The van der Waals surface area contributed by atoms with Gasteiger partial charge < -0.3 is 4.74 Å². The SMILES string of the molecule is FC(F)(F)Oc1cccc2cccnc12. The third-order valence-corrected chi connectivity index (χ3v) is 1.82. The Kier molecular flexibility index (Phi) is 2.22. The van der Waals surface area contributed by atoms with E-state index in [0.29, 0.717) is 5.39 Å². The predicted molar refractivity (Wildman–Crippen MR) is 48.4 cm³/mol. The maximum atomic E-state index is 12.0. The molecule has 15 heavy (non-hydrogen) atoms. The fraction of sp³-hybridized carbons (Fsp3) is 0.100. The number of para-hydroxylation sites is 1. The van der Waals surface area contributed by atoms with Crippen molar-refractivity contribution < 1.29 is 17.9 Å². The van der Waals surface area contributed by atoms with Crippen LogP contribution in [0.5, 0.6) is 5.75 Å². The number of pyridine rings is 1. The summed E-state index contributed by atoms with van der Waals surface area (Å²) in [6, 6.07) is 7.73. The summed E-state index contributed by atoms with van der Waals surface area (Å²) in [7, 11) is 0. The molecule has 0 N–H and O–H groups in total. The average molecular weight is 213 g/mol. The number of fused-ring (bicyclic) bond motifs is 1. The van der Waals surface area contributed by atoms with Gasteiger partial charge in [-0.2, -0.15) is 0 Å². The molecule has 2 aromatic rings. The van der Waals surface area contributed by atoms with Crippen molar-refractivity contribution in [2.24, 2.45) is 0 Å². The van der Waals surface area contributed by atoms with Crippen molar-refractivity contribution in [3.63, 3.8) is 0 Å². The first-order valence-electron chi connectivity index (χ1n) is 4.16. The Labute approximate surface area is 83.3 Å². The van der Waals surface area contributed by atoms with E-state index < -0.39 is 6.36 Å². The van der Waals surface area contributed by atoms with Gasteiger partial charge in [0.15, 0.2) is 5.75 Å². The monoisotopic (exact) mass is 213 g/mol. The van der Waals surface area contributed by atoms with Gasteiger partial charge in [0.1, 0.15) is 5.52 Å². The van der Waals surface area contributed by atoms with E-state index in [9.17, 15) is 13.2 Å². The second kappa shape index (κ2) is 3.42. The van der Waals surface area contributed by atoms with Gasteiger partial charge in [-0.25, -0.2) is 0 Å². The zero-order chi connectivity index (χ0) is 10.9. The van der Waals surface area contributed by atoms with Gasteiger partial charge in [0.2, 0.25) is 0 Å². The highest BCUT2D eigenvalue weighted by atomic mass is 19.4. The molecule has 78 valence electrons. The normalized spacial score (nSPS) is 11.7. The van der Waals surface area contributed by atoms with Crippen molar-refractivity contribution >= 4 is 10.9 Å². The molecule has 0 aliphatic rings. The Morgan fingerprint density at radius 1 is 1.07 bits per heavy atom. The second-order valence-corrected chi connectivity index (χ2v) is 2.88. The van der Waals surface area contributed by atoms with Crippen LogP contribution in [-0.2, 0) is 0 Å². The van der Waals surface area contributed by atoms with Crippen LogP contribution in [0.25, 0.3) is 10.9 Å². The molecular formula is C10H6F3NO. The summed E-state index contributed by atoms with van der Waals surface area (Å²) in [5.74, 6) is -0.277. The molecule has 0 aliphatic heterocycles. The van der Waals surface area contributed by atoms with Crippen LogP contribution in [-0.4, -0.2) is 11.3 Å². The van der Waals surface area contributed by atoms with Crippen LogP contribution in [0.3, 0.4) is 0 Å². The van der Waals surface area contributed by atoms with Crippen LogP contribution in [0, 0.1) is 0 Å². The molecule has 0 amide bonds. The molecule has 2 rings (SSSR count). The quantitative estimate of drug-likeness (QED) is 0.726. The standard InChI is InChI=1S/C10H6F3NO/c11-10(12,13)15-8-5-1-3-7-4-2-6-14-9(7)8/h1-6H. The van der Waals surface area contributed by atoms with E-state index in [1.165, 1.54) is 18.3 Å². The van der Waals surface area contributed by atoms with Gasteiger partial charge in [0, 0.05) is 11.6 Å². The van der Waals surface area contributed by atoms with E-state index in [4.69, 9.17) is 0 Å². The van der Waals surface area contributed by atoms with Crippen LogP contribution in [0.4, 0.5) is 13.2 Å². The summed E-state index contributed by atoms with van der Waals surface area (Å²) in [5, 5.41) is 0.610. The maximum Gasteiger partial charge on any atom is 0.573 e. The van der Waals surface area contributed by atoms with Gasteiger partial charge in [0.25, 0.3) is 0 Å². The first-order chi connectivity index (χ1) is 7.06. The average Bonchev–Trinajstić information content (AvgIpc) is 2.16. The van der Waals surface area contributed by atoms with Crippen LogP contribution < -0.4 is 4.74 Å². The lowest BCUT2D eigenvalue weighted by molar-refractivity contribution is -0.274. The van der Waals surface area contributed by atoms with Gasteiger partial charge in [0.05, 0.1) is 0 Å². The molecule has 0 unspecified atom stereocenters. The molecule has 0 saturated heterocycles. The second-order valence-electron chi connectivity index (χ2n) is 2.88. The highest BCUT2D eigenvalue weighted by molar-refractivity contribution is 5.84. The van der Waals surface area contributed by atoms with Crippen molar-refractivity contribution in [1.29, 1.82) is 0 Å². The highest BCUT2D eigenvalue weighted by Crippen LogP contribution is 2.28. The molecule has 0 aliphatic carbocycles. The Morgan fingerprint density at radius 3 is 2.53 bits per heavy atom. The Hall–Kier alpha value is -1.78. The van der Waals surface area contributed by atoms with E-state index in [2.05, 4.69) is 9.72 Å². The van der Waals surface area contributed by atoms with E-state index in [-0.39, 0.29) is 11.3 Å². The molecular weight excluding hydrogens is 207 g/mol. The summed E-state index contributed by atoms with van der Waals surface area (Å²) in [6.45, 7) is 0. The number of hydrogen-bond acceptors (Lipinski definition) is 2. The number of aromatic nitrogens is 1. The number of ether oxygens (including phenoxy) is 1. The van der Waals surface area contributed by atoms with Gasteiger partial charge in [-0.15, -0.1) is 13.2 Å². The van der Waals surface area contributed by atoms with Crippen molar-refractivity contribution in [2.75, 3.05) is 0 Å². The lowest BCUT2D eigenvalue weighted by atomic mass is 10.2. The number of alkyl halides is 3. The molecule has 1 aromatic carbocycles. The van der Waals surface area contributed by atoms with Crippen LogP contribution >= 0.6 is 0 Å². The fourth-order valence-electron chi connectivity index (χ4n) is 1.28. The van der Waals surface area contributed by atoms with Gasteiger partial charge in [-0.05, 0) is 12.1 Å². The smallest absolute Gasteiger partial charge is 0.403 e. The summed E-state index contributed by atoms with van der Waals surface area (Å²) < 4.78 is 39.9. The molecule has 0 bridgehead atoms. The van der Waals surface area contributed by atoms with Gasteiger partial charge in [-0.1, -0.05) is 18.2 Å². The predicted octanol–water partition coefficient (Wildman–Crippen LogP) is 3.13. The molecule has 0 saturated carbocycles. The van der Waals surface area contributed by atoms with Crippen molar-refractivity contribution in [3.8, 4) is 5.75 Å². The molecule has 0 atom stereocenters. The maximum absolute atomic E-state index is 12.0. The number of benzene rings is 1. The molecule has 0 spiro atoms. The van der Waals surface area contributed by atoms with Crippen molar-refractivity contribution in [2.45, 2.75) is 6.36 Å². The van der Waals surface area contributed by atoms with E-state index in [0.717, 1.165) is 0 Å². The molecule has 0 radical (unpaired) electrons. The summed E-state index contributed by atoms with van der Waals surface area (Å²) in [4.78, 5) is 3.84. The minimum absolute atomic E-state index is 0.206. The molecule has 1 aromatic heterocycles. The van der Waals surface area contributed by atoms with Crippen molar-refractivity contribution in [3.05, 3.63) is 36.5 Å². The number of rotatable bonds is 1. The molecule has 0 fully saturated rings. The summed E-state index contributed by atoms with van der Waals surface area (Å²) >= 11 is 0. The summed E-state index contributed by atoms with van der Waals surface area (Å²) in [6.07, 6.45) is -3.27. The minimum Gasteiger partial charge on any atom is -0.403 e. The lowest BCUT2D eigenvalue weighted by Crippen LogP contribution is -2.17.